The van der Waals surface area contributed by atoms with Gasteiger partial charge in [-0.2, -0.15) is 4.99 Å². The third kappa shape index (κ3) is 4.48. The summed E-state index contributed by atoms with van der Waals surface area (Å²) in [6, 6.07) is 15.2. The summed E-state index contributed by atoms with van der Waals surface area (Å²) in [5, 5.41) is 3.43. The number of amides is 2. The van der Waals surface area contributed by atoms with E-state index in [1.54, 1.807) is 17.0 Å². The summed E-state index contributed by atoms with van der Waals surface area (Å²) >= 11 is 6.16. The summed E-state index contributed by atoms with van der Waals surface area (Å²) in [6.45, 7) is 4.06. The molecule has 2 amide bonds. The average molecular weight is 501 g/mol. The predicted octanol–water partition coefficient (Wildman–Crippen LogP) is 5.21. The number of thiazole rings is 1. The minimum Gasteiger partial charge on any atom is -0.325 e. The number of benzene rings is 2. The average Bonchev–Trinajstić information content (AvgIpc) is 3.26. The summed E-state index contributed by atoms with van der Waals surface area (Å²) in [6.07, 6.45) is 1.70. The Hall–Kier alpha value is -2.49. The molecule has 4 rings (SSSR count). The van der Waals surface area contributed by atoms with Gasteiger partial charge in [0.2, 0.25) is 16.9 Å². The molecule has 6 nitrogen and oxygen atoms in total. The van der Waals surface area contributed by atoms with Crippen molar-refractivity contribution < 1.29 is 9.59 Å². The summed E-state index contributed by atoms with van der Waals surface area (Å²) in [4.78, 5) is 36.1. The van der Waals surface area contributed by atoms with E-state index in [4.69, 9.17) is 0 Å². The maximum absolute atomic E-state index is 12.9. The van der Waals surface area contributed by atoms with Crippen molar-refractivity contribution in [2.75, 3.05) is 11.9 Å². The zero-order chi connectivity index (χ0) is 21.1. The highest BCUT2D eigenvalue weighted by molar-refractivity contribution is 9.10. The van der Waals surface area contributed by atoms with E-state index in [1.165, 1.54) is 23.1 Å². The van der Waals surface area contributed by atoms with Crippen LogP contribution in [0.4, 0.5) is 10.8 Å². The van der Waals surface area contributed by atoms with Crippen LogP contribution in [0.1, 0.15) is 6.42 Å². The van der Waals surface area contributed by atoms with Crippen molar-refractivity contribution in [1.82, 2.24) is 9.88 Å². The van der Waals surface area contributed by atoms with Gasteiger partial charge in [-0.1, -0.05) is 53.4 Å². The standard InChI is InChI=1S/C21H17BrN4O2S2/c1-2-11-26-19(28)17(12-18(27)23-14-8-4-3-7-13(14)22)30-21(26)25-20-24-15-9-5-6-10-16(15)29-20/h2-10,17H,1,11-12H2,(H,23,27). The monoisotopic (exact) mass is 500 g/mol. The van der Waals surface area contributed by atoms with Crippen LogP contribution in [0.5, 0.6) is 0 Å². The Morgan fingerprint density at radius 1 is 1.27 bits per heavy atom. The van der Waals surface area contributed by atoms with E-state index in [0.29, 0.717) is 22.5 Å². The van der Waals surface area contributed by atoms with Crippen LogP contribution in [-0.2, 0) is 9.59 Å². The largest absolute Gasteiger partial charge is 0.325 e. The van der Waals surface area contributed by atoms with Gasteiger partial charge in [-0.25, -0.2) is 4.98 Å². The van der Waals surface area contributed by atoms with Gasteiger partial charge in [0.15, 0.2) is 5.17 Å². The molecule has 1 fully saturated rings. The number of fused-ring (bicyclic) bond motifs is 1. The minimum atomic E-state index is -0.541. The minimum absolute atomic E-state index is 0.0529. The highest BCUT2D eigenvalue weighted by Crippen LogP contribution is 2.34. The second-order valence-electron chi connectivity index (χ2n) is 6.43. The van der Waals surface area contributed by atoms with Gasteiger partial charge in [-0.3, -0.25) is 14.5 Å². The highest BCUT2D eigenvalue weighted by Gasteiger charge is 2.38. The molecule has 1 saturated heterocycles. The number of aliphatic imine (C=N–C) groups is 1. The molecule has 1 aliphatic rings. The summed E-state index contributed by atoms with van der Waals surface area (Å²) in [5.41, 5.74) is 1.54. The van der Waals surface area contributed by atoms with Crippen LogP contribution < -0.4 is 5.32 Å². The van der Waals surface area contributed by atoms with Crippen molar-refractivity contribution in [3.8, 4) is 0 Å². The van der Waals surface area contributed by atoms with Gasteiger partial charge in [0.1, 0.15) is 5.25 Å². The van der Waals surface area contributed by atoms with Crippen molar-refractivity contribution in [3.05, 3.63) is 65.7 Å². The normalized spacial score (nSPS) is 17.6. The maximum atomic E-state index is 12.9. The van der Waals surface area contributed by atoms with Crippen LogP contribution in [0.2, 0.25) is 0 Å². The molecular formula is C21H17BrN4O2S2. The van der Waals surface area contributed by atoms with Gasteiger partial charge in [-0.15, -0.1) is 6.58 Å². The lowest BCUT2D eigenvalue weighted by Crippen LogP contribution is -2.33. The van der Waals surface area contributed by atoms with Gasteiger partial charge in [-0.05, 0) is 40.2 Å². The molecule has 1 aliphatic heterocycles. The summed E-state index contributed by atoms with van der Waals surface area (Å²) in [5.74, 6) is -0.380. The van der Waals surface area contributed by atoms with E-state index >= 15 is 0 Å². The second kappa shape index (κ2) is 9.11. The van der Waals surface area contributed by atoms with E-state index in [9.17, 15) is 9.59 Å². The Labute approximate surface area is 190 Å². The lowest BCUT2D eigenvalue weighted by atomic mass is 10.2. The summed E-state index contributed by atoms with van der Waals surface area (Å²) < 4.78 is 1.82. The number of nitrogens with zero attached hydrogens (tertiary/aromatic N) is 3. The quantitative estimate of drug-likeness (QED) is 0.471. The molecular weight excluding hydrogens is 484 g/mol. The van der Waals surface area contributed by atoms with Gasteiger partial charge < -0.3 is 5.32 Å². The van der Waals surface area contributed by atoms with E-state index < -0.39 is 5.25 Å². The van der Waals surface area contributed by atoms with Crippen LogP contribution in [0.25, 0.3) is 10.2 Å². The Bertz CT molecular complexity index is 1130. The number of carbonyl (C=O) groups excluding carboxylic acids is 2. The van der Waals surface area contributed by atoms with Gasteiger partial charge in [0, 0.05) is 17.4 Å². The Kier molecular flexibility index (Phi) is 6.31. The smallest absolute Gasteiger partial charge is 0.242 e. The number of rotatable bonds is 6. The van der Waals surface area contributed by atoms with Crippen molar-refractivity contribution in [2.45, 2.75) is 11.7 Å². The number of carbonyl (C=O) groups is 2. The van der Waals surface area contributed by atoms with E-state index in [0.717, 1.165) is 14.7 Å². The number of hydrogen-bond acceptors (Lipinski definition) is 6. The Morgan fingerprint density at radius 3 is 2.80 bits per heavy atom. The molecule has 30 heavy (non-hydrogen) atoms. The Morgan fingerprint density at radius 2 is 2.03 bits per heavy atom. The third-order valence-electron chi connectivity index (χ3n) is 4.32. The lowest BCUT2D eigenvalue weighted by Gasteiger charge is -2.13. The number of para-hydroxylation sites is 2. The predicted molar refractivity (Wildman–Crippen MR) is 127 cm³/mol. The molecule has 3 aromatic rings. The summed E-state index contributed by atoms with van der Waals surface area (Å²) in [7, 11) is 0. The molecule has 1 atom stereocenters. The first kappa shape index (κ1) is 20.8. The van der Waals surface area contributed by atoms with Crippen LogP contribution >= 0.6 is 39.0 Å². The first-order valence-corrected chi connectivity index (χ1v) is 11.6. The van der Waals surface area contributed by atoms with E-state index in [1.807, 2.05) is 42.5 Å². The van der Waals surface area contributed by atoms with Crippen molar-refractivity contribution in [3.63, 3.8) is 0 Å². The van der Waals surface area contributed by atoms with Crippen molar-refractivity contribution in [2.24, 2.45) is 4.99 Å². The molecule has 1 aromatic heterocycles. The molecule has 0 aliphatic carbocycles. The van der Waals surface area contributed by atoms with Gasteiger partial charge in [0.25, 0.3) is 0 Å². The molecule has 0 bridgehead atoms. The zero-order valence-corrected chi connectivity index (χ0v) is 19.0. The highest BCUT2D eigenvalue weighted by atomic mass is 79.9. The number of halogens is 1. The van der Waals surface area contributed by atoms with Crippen LogP contribution in [0.3, 0.4) is 0 Å². The topological polar surface area (TPSA) is 74.7 Å². The molecule has 2 aromatic carbocycles. The fourth-order valence-corrected chi connectivity index (χ4v) is 5.37. The molecule has 0 spiro atoms. The zero-order valence-electron chi connectivity index (χ0n) is 15.7. The number of nitrogens with one attached hydrogen (secondary N) is 1. The number of aromatic nitrogens is 1. The first-order chi connectivity index (χ1) is 14.5. The van der Waals surface area contributed by atoms with Crippen LogP contribution in [0, 0.1) is 0 Å². The van der Waals surface area contributed by atoms with Crippen LogP contribution in [-0.4, -0.2) is 38.7 Å². The maximum Gasteiger partial charge on any atom is 0.242 e. The second-order valence-corrected chi connectivity index (χ2v) is 9.47. The molecule has 0 saturated carbocycles. The van der Waals surface area contributed by atoms with E-state index in [2.05, 4.69) is 37.8 Å². The van der Waals surface area contributed by atoms with Crippen molar-refractivity contribution >= 4 is 77.0 Å². The fraction of sp³-hybridized carbons (Fsp3) is 0.143. The van der Waals surface area contributed by atoms with E-state index in [-0.39, 0.29) is 18.2 Å². The number of hydrogen-bond donors (Lipinski definition) is 1. The number of amidine groups is 1. The third-order valence-corrected chi connectivity index (χ3v) is 7.12. The molecule has 0 radical (unpaired) electrons. The molecule has 9 heteroatoms. The van der Waals surface area contributed by atoms with Crippen molar-refractivity contribution in [1.29, 1.82) is 0 Å². The van der Waals surface area contributed by atoms with Crippen LogP contribution in [0.15, 0.2) is 70.7 Å². The molecule has 1 unspecified atom stereocenters. The molecule has 1 N–H and O–H groups in total. The van der Waals surface area contributed by atoms with Gasteiger partial charge >= 0.3 is 0 Å². The van der Waals surface area contributed by atoms with Gasteiger partial charge in [0.05, 0.1) is 15.9 Å². The first-order valence-electron chi connectivity index (χ1n) is 9.12. The Balaban J connectivity index is 1.52. The number of anilines is 1. The molecule has 152 valence electrons. The number of thioether (sulfide) groups is 1. The SMILES string of the molecule is C=CCN1C(=O)C(CC(=O)Nc2ccccc2Br)SC1=Nc1nc2ccccc2s1. The fourth-order valence-electron chi connectivity index (χ4n) is 2.94. The lowest BCUT2D eigenvalue weighted by molar-refractivity contribution is -0.127. The molecule has 2 heterocycles.